The van der Waals surface area contributed by atoms with Crippen molar-refractivity contribution in [2.24, 2.45) is 5.41 Å². The molecule has 0 fully saturated rings. The molecule has 1 aromatic carbocycles. The smallest absolute Gasteiger partial charge is 0.310 e. The predicted octanol–water partition coefficient (Wildman–Crippen LogP) is 0.719. The lowest BCUT2D eigenvalue weighted by Crippen LogP contribution is -2.48. The van der Waals surface area contributed by atoms with Gasteiger partial charge in [-0.3, -0.25) is 9.59 Å². The molecule has 1 amide bonds. The molecule has 1 aromatic rings. The number of carboxylic acids is 1. The maximum atomic E-state index is 12.8. The lowest BCUT2D eigenvalue weighted by Gasteiger charge is -2.21. The van der Waals surface area contributed by atoms with E-state index >= 15 is 0 Å². The third kappa shape index (κ3) is 5.29. The van der Waals surface area contributed by atoms with Gasteiger partial charge in [0.25, 0.3) is 0 Å². The van der Waals surface area contributed by atoms with E-state index in [1.807, 2.05) is 0 Å². The summed E-state index contributed by atoms with van der Waals surface area (Å²) in [5, 5.41) is 11.3. The van der Waals surface area contributed by atoms with Crippen molar-refractivity contribution in [1.29, 1.82) is 0 Å². The molecule has 1 atom stereocenters. The van der Waals surface area contributed by atoms with Gasteiger partial charge in [0.2, 0.25) is 15.9 Å². The number of aliphatic carboxylic acids is 1. The molecule has 0 heterocycles. The van der Waals surface area contributed by atoms with Crippen LogP contribution in [0.1, 0.15) is 20.8 Å². The summed E-state index contributed by atoms with van der Waals surface area (Å²) in [6.45, 7) is 4.04. The molecule has 0 aromatic heterocycles. The van der Waals surface area contributed by atoms with Crippen LogP contribution in [0.5, 0.6) is 0 Å². The molecule has 0 aliphatic heterocycles. The normalized spacial score (nSPS) is 13.4. The highest BCUT2D eigenvalue weighted by Gasteiger charge is 2.29. The summed E-state index contributed by atoms with van der Waals surface area (Å²) in [5.41, 5.74) is -1.18. The van der Waals surface area contributed by atoms with E-state index in [0.29, 0.717) is 0 Å². The van der Waals surface area contributed by atoms with E-state index in [4.69, 9.17) is 5.11 Å². The van der Waals surface area contributed by atoms with E-state index in [-0.39, 0.29) is 11.4 Å². The van der Waals surface area contributed by atoms with Gasteiger partial charge in [0.05, 0.1) is 16.4 Å². The average Bonchev–Trinajstić information content (AvgIpc) is 2.44. The summed E-state index contributed by atoms with van der Waals surface area (Å²) in [7, 11) is -3.99. The second-order valence-electron chi connectivity index (χ2n) is 5.70. The average molecular weight is 346 g/mol. The van der Waals surface area contributed by atoms with Gasteiger partial charge in [0.1, 0.15) is 5.82 Å². The van der Waals surface area contributed by atoms with Crippen molar-refractivity contribution in [3.8, 4) is 0 Å². The van der Waals surface area contributed by atoms with E-state index in [2.05, 4.69) is 10.0 Å². The molecule has 0 bridgehead atoms. The molecule has 9 heteroatoms. The maximum absolute atomic E-state index is 12.8. The summed E-state index contributed by atoms with van der Waals surface area (Å²) >= 11 is 0. The highest BCUT2D eigenvalue weighted by Crippen LogP contribution is 2.13. The third-order valence-electron chi connectivity index (χ3n) is 3.13. The number of hydrogen-bond donors (Lipinski definition) is 3. The number of hydrogen-bond acceptors (Lipinski definition) is 4. The first-order valence-corrected chi connectivity index (χ1v) is 8.23. The minimum Gasteiger partial charge on any atom is -0.481 e. The number of carboxylic acid groups (broad SMARTS) is 1. The van der Waals surface area contributed by atoms with Gasteiger partial charge in [-0.05, 0) is 45.0 Å². The van der Waals surface area contributed by atoms with Crippen molar-refractivity contribution < 1.29 is 27.5 Å². The minimum absolute atomic E-state index is 0.149. The molecule has 23 heavy (non-hydrogen) atoms. The highest BCUT2D eigenvalue weighted by atomic mass is 32.2. The van der Waals surface area contributed by atoms with Gasteiger partial charge >= 0.3 is 5.97 Å². The van der Waals surface area contributed by atoms with Crippen LogP contribution >= 0.6 is 0 Å². The Morgan fingerprint density at radius 2 is 1.78 bits per heavy atom. The molecule has 0 saturated heterocycles. The van der Waals surface area contributed by atoms with E-state index in [9.17, 15) is 22.4 Å². The molecular weight excluding hydrogens is 327 g/mol. The molecule has 7 nitrogen and oxygen atoms in total. The fraction of sp³-hybridized carbons (Fsp3) is 0.429. The van der Waals surface area contributed by atoms with Gasteiger partial charge in [-0.1, -0.05) is 0 Å². The van der Waals surface area contributed by atoms with Crippen molar-refractivity contribution in [3.63, 3.8) is 0 Å². The molecule has 0 radical (unpaired) electrons. The number of amides is 1. The second kappa shape index (κ2) is 7.05. The summed E-state index contributed by atoms with van der Waals surface area (Å²) in [4.78, 5) is 22.7. The number of halogens is 1. The fourth-order valence-electron chi connectivity index (χ4n) is 1.50. The zero-order valence-electron chi connectivity index (χ0n) is 13.0. The Labute approximate surface area is 133 Å². The SMILES string of the molecule is CC(NS(=O)(=O)c1ccc(F)cc1)C(=O)NCC(C)(C)C(=O)O. The number of sulfonamides is 1. The number of benzene rings is 1. The quantitative estimate of drug-likeness (QED) is 0.673. The van der Waals surface area contributed by atoms with E-state index < -0.39 is 39.2 Å². The van der Waals surface area contributed by atoms with Crippen LogP contribution in [0.25, 0.3) is 0 Å². The maximum Gasteiger partial charge on any atom is 0.310 e. The predicted molar refractivity (Wildman–Crippen MR) is 80.6 cm³/mol. The molecule has 0 aliphatic carbocycles. The number of rotatable bonds is 7. The molecule has 1 unspecified atom stereocenters. The molecule has 128 valence electrons. The van der Waals surface area contributed by atoms with Crippen LogP contribution in [-0.4, -0.2) is 38.0 Å². The number of carbonyl (C=O) groups is 2. The molecule has 0 saturated carbocycles. The van der Waals surface area contributed by atoms with Gasteiger partial charge in [-0.25, -0.2) is 12.8 Å². The van der Waals surface area contributed by atoms with Crippen molar-refractivity contribution in [2.75, 3.05) is 6.54 Å². The Morgan fingerprint density at radius 3 is 2.26 bits per heavy atom. The molecule has 1 rings (SSSR count). The van der Waals surface area contributed by atoms with Crippen LogP contribution in [0.4, 0.5) is 4.39 Å². The van der Waals surface area contributed by atoms with Crippen LogP contribution < -0.4 is 10.0 Å². The van der Waals surface area contributed by atoms with Crippen molar-refractivity contribution in [2.45, 2.75) is 31.7 Å². The van der Waals surface area contributed by atoms with E-state index in [1.54, 1.807) is 0 Å². The third-order valence-corrected chi connectivity index (χ3v) is 4.69. The summed E-state index contributed by atoms with van der Waals surface area (Å²) < 4.78 is 39.1. The largest absolute Gasteiger partial charge is 0.481 e. The minimum atomic E-state index is -3.99. The zero-order valence-corrected chi connectivity index (χ0v) is 13.8. The molecule has 0 spiro atoms. The monoisotopic (exact) mass is 346 g/mol. The van der Waals surface area contributed by atoms with Crippen molar-refractivity contribution in [3.05, 3.63) is 30.1 Å². The molecular formula is C14H19FN2O5S. The fourth-order valence-corrected chi connectivity index (χ4v) is 2.71. The van der Waals surface area contributed by atoms with Crippen LogP contribution in [0.15, 0.2) is 29.2 Å². The summed E-state index contributed by atoms with van der Waals surface area (Å²) in [5.74, 6) is -2.33. The van der Waals surface area contributed by atoms with E-state index in [1.165, 1.54) is 20.8 Å². The molecule has 0 aliphatic rings. The Bertz CT molecular complexity index is 686. The van der Waals surface area contributed by atoms with Crippen LogP contribution in [0.3, 0.4) is 0 Å². The van der Waals surface area contributed by atoms with Crippen LogP contribution in [0, 0.1) is 11.2 Å². The van der Waals surface area contributed by atoms with Gasteiger partial charge < -0.3 is 10.4 Å². The summed E-state index contributed by atoms with van der Waals surface area (Å²) in [6.07, 6.45) is 0. The Balaban J connectivity index is 2.71. The Hall–Kier alpha value is -2.00. The topological polar surface area (TPSA) is 113 Å². The van der Waals surface area contributed by atoms with Crippen LogP contribution in [0.2, 0.25) is 0 Å². The lowest BCUT2D eigenvalue weighted by molar-refractivity contribution is -0.146. The van der Waals surface area contributed by atoms with Crippen LogP contribution in [-0.2, 0) is 19.6 Å². The number of nitrogens with one attached hydrogen (secondary N) is 2. The van der Waals surface area contributed by atoms with Crippen molar-refractivity contribution >= 4 is 21.9 Å². The first-order valence-electron chi connectivity index (χ1n) is 6.75. The molecule has 3 N–H and O–H groups in total. The Kier molecular flexibility index (Phi) is 5.84. The second-order valence-corrected chi connectivity index (χ2v) is 7.42. The first-order chi connectivity index (χ1) is 10.5. The standard InChI is InChI=1S/C14H19FN2O5S/c1-9(12(18)16-8-14(2,3)13(19)20)17-23(21,22)11-6-4-10(15)5-7-11/h4-7,9,17H,8H2,1-3H3,(H,16,18)(H,19,20). The van der Waals surface area contributed by atoms with E-state index in [0.717, 1.165) is 24.3 Å². The highest BCUT2D eigenvalue weighted by molar-refractivity contribution is 7.89. The van der Waals surface area contributed by atoms with Gasteiger partial charge in [-0.2, -0.15) is 4.72 Å². The summed E-state index contributed by atoms with van der Waals surface area (Å²) in [6, 6.07) is 3.03. The van der Waals surface area contributed by atoms with Crippen molar-refractivity contribution in [1.82, 2.24) is 10.0 Å². The van der Waals surface area contributed by atoms with Gasteiger partial charge in [-0.15, -0.1) is 0 Å². The Morgan fingerprint density at radius 1 is 1.26 bits per heavy atom. The lowest BCUT2D eigenvalue weighted by atomic mass is 9.94. The van der Waals surface area contributed by atoms with Gasteiger partial charge in [0, 0.05) is 6.54 Å². The first kappa shape index (κ1) is 19.0. The van der Waals surface area contributed by atoms with Gasteiger partial charge in [0.15, 0.2) is 0 Å². The number of carbonyl (C=O) groups excluding carboxylic acids is 1. The zero-order chi connectivity index (χ0) is 17.8.